The number of hydrogen-bond acceptors (Lipinski definition) is 1. The van der Waals surface area contributed by atoms with Gasteiger partial charge in [-0.1, -0.05) is 59.8 Å². The van der Waals surface area contributed by atoms with Gasteiger partial charge in [-0.25, -0.2) is 0 Å². The summed E-state index contributed by atoms with van der Waals surface area (Å²) < 4.78 is 0. The summed E-state index contributed by atoms with van der Waals surface area (Å²) in [5.74, 6) is 0. The van der Waals surface area contributed by atoms with Gasteiger partial charge in [0.05, 0.1) is 0 Å². The molecule has 0 heterocycles. The van der Waals surface area contributed by atoms with E-state index in [0.29, 0.717) is 11.5 Å². The molecule has 0 aromatic heterocycles. The first kappa shape index (κ1) is 14.0. The van der Waals surface area contributed by atoms with Gasteiger partial charge in [-0.2, -0.15) is 0 Å². The fourth-order valence-corrected chi connectivity index (χ4v) is 1.96. The lowest BCUT2D eigenvalue weighted by Crippen LogP contribution is -2.37. The van der Waals surface area contributed by atoms with Crippen LogP contribution < -0.4 is 5.32 Å². The maximum Gasteiger partial charge on any atom is 0.0113 e. The monoisotopic (exact) mass is 199 g/mol. The van der Waals surface area contributed by atoms with Gasteiger partial charge in [0.15, 0.2) is 0 Å². The highest BCUT2D eigenvalue weighted by molar-refractivity contribution is 4.78. The first-order chi connectivity index (χ1) is 6.52. The Hall–Kier alpha value is -0.0400. The molecule has 0 aromatic carbocycles. The Morgan fingerprint density at radius 3 is 2.00 bits per heavy atom. The van der Waals surface area contributed by atoms with E-state index in [1.54, 1.807) is 0 Å². The molecule has 0 aromatic rings. The molecule has 1 N–H and O–H groups in total. The van der Waals surface area contributed by atoms with Gasteiger partial charge in [-0.05, 0) is 18.9 Å². The molecule has 0 saturated heterocycles. The summed E-state index contributed by atoms with van der Waals surface area (Å²) in [5, 5.41) is 3.43. The summed E-state index contributed by atoms with van der Waals surface area (Å²) in [5.41, 5.74) is 0.402. The summed E-state index contributed by atoms with van der Waals surface area (Å²) in [6.45, 7) is 9.23. The van der Waals surface area contributed by atoms with E-state index in [2.05, 4.69) is 40.1 Å². The molecule has 1 unspecified atom stereocenters. The molecule has 1 nitrogen and oxygen atoms in total. The van der Waals surface area contributed by atoms with Crippen LogP contribution >= 0.6 is 0 Å². The first-order valence-corrected chi connectivity index (χ1v) is 6.19. The van der Waals surface area contributed by atoms with E-state index in [1.165, 1.54) is 38.5 Å². The second-order valence-corrected chi connectivity index (χ2v) is 5.41. The highest BCUT2D eigenvalue weighted by Crippen LogP contribution is 2.23. The van der Waals surface area contributed by atoms with E-state index >= 15 is 0 Å². The standard InChI is InChI=1S/C13H29N/c1-6-7-8-9-10-11-12(14-5)13(2,3)4/h12,14H,6-11H2,1-5H3. The molecule has 0 radical (unpaired) electrons. The van der Waals surface area contributed by atoms with Gasteiger partial charge in [-0.3, -0.25) is 0 Å². The van der Waals surface area contributed by atoms with Crippen molar-refractivity contribution < 1.29 is 0 Å². The molecule has 0 fully saturated rings. The Labute approximate surface area is 90.7 Å². The first-order valence-electron chi connectivity index (χ1n) is 6.19. The van der Waals surface area contributed by atoms with Crippen molar-refractivity contribution in [1.82, 2.24) is 5.32 Å². The van der Waals surface area contributed by atoms with Gasteiger partial charge in [-0.15, -0.1) is 0 Å². The summed E-state index contributed by atoms with van der Waals surface area (Å²) in [7, 11) is 2.09. The van der Waals surface area contributed by atoms with Crippen LogP contribution in [0.15, 0.2) is 0 Å². The number of hydrogen-bond donors (Lipinski definition) is 1. The Kier molecular flexibility index (Phi) is 7.26. The molecular formula is C13H29N. The van der Waals surface area contributed by atoms with Gasteiger partial charge in [0.1, 0.15) is 0 Å². The molecule has 0 saturated carbocycles. The molecule has 14 heavy (non-hydrogen) atoms. The molecule has 1 heteroatoms. The van der Waals surface area contributed by atoms with Crippen LogP contribution in [-0.4, -0.2) is 13.1 Å². The molecule has 0 aliphatic carbocycles. The van der Waals surface area contributed by atoms with Crippen molar-refractivity contribution in [2.24, 2.45) is 5.41 Å². The summed E-state index contributed by atoms with van der Waals surface area (Å²) >= 11 is 0. The largest absolute Gasteiger partial charge is 0.316 e. The molecule has 0 bridgehead atoms. The number of unbranched alkanes of at least 4 members (excludes halogenated alkanes) is 4. The summed E-state index contributed by atoms with van der Waals surface area (Å²) in [6.07, 6.45) is 8.26. The Balaban J connectivity index is 3.54. The maximum absolute atomic E-state index is 3.43. The van der Waals surface area contributed by atoms with Crippen LogP contribution in [0.5, 0.6) is 0 Å². The van der Waals surface area contributed by atoms with Gasteiger partial charge >= 0.3 is 0 Å². The minimum atomic E-state index is 0.402. The quantitative estimate of drug-likeness (QED) is 0.612. The van der Waals surface area contributed by atoms with E-state index in [1.807, 2.05) is 0 Å². The molecule has 0 aliphatic rings. The zero-order valence-electron chi connectivity index (χ0n) is 10.8. The van der Waals surface area contributed by atoms with Gasteiger partial charge < -0.3 is 5.32 Å². The average Bonchev–Trinajstić information content (AvgIpc) is 2.09. The zero-order chi connectivity index (χ0) is 11.0. The van der Waals surface area contributed by atoms with E-state index in [9.17, 15) is 0 Å². The third-order valence-corrected chi connectivity index (χ3v) is 2.99. The second kappa shape index (κ2) is 7.28. The van der Waals surface area contributed by atoms with Crippen molar-refractivity contribution in [3.8, 4) is 0 Å². The van der Waals surface area contributed by atoms with Crippen molar-refractivity contribution in [3.63, 3.8) is 0 Å². The Morgan fingerprint density at radius 1 is 1.00 bits per heavy atom. The van der Waals surface area contributed by atoms with E-state index in [0.717, 1.165) is 0 Å². The summed E-state index contributed by atoms with van der Waals surface area (Å²) in [6, 6.07) is 0.670. The summed E-state index contributed by atoms with van der Waals surface area (Å²) in [4.78, 5) is 0. The molecule has 86 valence electrons. The van der Waals surface area contributed by atoms with Crippen molar-refractivity contribution in [3.05, 3.63) is 0 Å². The van der Waals surface area contributed by atoms with Crippen LogP contribution in [0.25, 0.3) is 0 Å². The predicted octanol–water partition coefficient (Wildman–Crippen LogP) is 3.98. The molecule has 0 aliphatic heterocycles. The van der Waals surface area contributed by atoms with Gasteiger partial charge in [0.2, 0.25) is 0 Å². The van der Waals surface area contributed by atoms with E-state index in [4.69, 9.17) is 0 Å². The third-order valence-electron chi connectivity index (χ3n) is 2.99. The second-order valence-electron chi connectivity index (χ2n) is 5.41. The lowest BCUT2D eigenvalue weighted by molar-refractivity contribution is 0.261. The van der Waals surface area contributed by atoms with Crippen molar-refractivity contribution in [1.29, 1.82) is 0 Å². The van der Waals surface area contributed by atoms with Crippen molar-refractivity contribution in [2.75, 3.05) is 7.05 Å². The molecule has 0 amide bonds. The van der Waals surface area contributed by atoms with Crippen LogP contribution in [0.1, 0.15) is 66.2 Å². The predicted molar refractivity (Wildman–Crippen MR) is 65.7 cm³/mol. The number of nitrogens with one attached hydrogen (secondary N) is 1. The normalized spacial score (nSPS) is 14.4. The highest BCUT2D eigenvalue weighted by atomic mass is 14.9. The minimum absolute atomic E-state index is 0.402. The molecule has 0 spiro atoms. The van der Waals surface area contributed by atoms with Crippen molar-refractivity contribution in [2.45, 2.75) is 72.3 Å². The highest BCUT2D eigenvalue weighted by Gasteiger charge is 2.21. The van der Waals surface area contributed by atoms with Crippen LogP contribution in [-0.2, 0) is 0 Å². The van der Waals surface area contributed by atoms with Crippen LogP contribution in [0.4, 0.5) is 0 Å². The van der Waals surface area contributed by atoms with Crippen LogP contribution in [0.3, 0.4) is 0 Å². The smallest absolute Gasteiger partial charge is 0.0113 e. The fourth-order valence-electron chi connectivity index (χ4n) is 1.96. The lowest BCUT2D eigenvalue weighted by atomic mass is 9.84. The van der Waals surface area contributed by atoms with Gasteiger partial charge in [0, 0.05) is 6.04 Å². The third kappa shape index (κ3) is 6.42. The topological polar surface area (TPSA) is 12.0 Å². The molecular weight excluding hydrogens is 170 g/mol. The molecule has 1 atom stereocenters. The average molecular weight is 199 g/mol. The minimum Gasteiger partial charge on any atom is -0.316 e. The van der Waals surface area contributed by atoms with Crippen molar-refractivity contribution >= 4 is 0 Å². The number of rotatable bonds is 7. The maximum atomic E-state index is 3.43. The Morgan fingerprint density at radius 2 is 1.57 bits per heavy atom. The fraction of sp³-hybridized carbons (Fsp3) is 1.00. The molecule has 0 rings (SSSR count). The van der Waals surface area contributed by atoms with E-state index < -0.39 is 0 Å². The SMILES string of the molecule is CCCCCCCC(NC)C(C)(C)C. The Bertz CT molecular complexity index is 124. The zero-order valence-corrected chi connectivity index (χ0v) is 10.8. The van der Waals surface area contributed by atoms with Crippen LogP contribution in [0, 0.1) is 5.41 Å². The van der Waals surface area contributed by atoms with Gasteiger partial charge in [0.25, 0.3) is 0 Å². The van der Waals surface area contributed by atoms with Crippen LogP contribution in [0.2, 0.25) is 0 Å². The van der Waals surface area contributed by atoms with E-state index in [-0.39, 0.29) is 0 Å². The lowest BCUT2D eigenvalue weighted by Gasteiger charge is -2.30.